The van der Waals surface area contributed by atoms with Gasteiger partial charge in [-0.3, -0.25) is 4.79 Å². The van der Waals surface area contributed by atoms with E-state index in [1.165, 1.54) is 0 Å². The maximum Gasteiger partial charge on any atom is 0.242 e. The molecule has 0 saturated carbocycles. The molecular weight excluding hydrogens is 494 g/mol. The van der Waals surface area contributed by atoms with Crippen LogP contribution in [0.25, 0.3) is 21.5 Å². The Morgan fingerprint density at radius 3 is 2.03 bits per heavy atom. The molecule has 0 spiro atoms. The van der Waals surface area contributed by atoms with E-state index in [0.717, 1.165) is 32.7 Å². The molecule has 0 aliphatic heterocycles. The number of carbonyl (C=O) groups excluding carboxylic acids is 1. The van der Waals surface area contributed by atoms with Gasteiger partial charge in [-0.1, -0.05) is 96.6 Å². The van der Waals surface area contributed by atoms with Gasteiger partial charge in [0, 0.05) is 12.0 Å². The summed E-state index contributed by atoms with van der Waals surface area (Å²) >= 11 is 0. The van der Waals surface area contributed by atoms with Crippen LogP contribution in [0, 0.1) is 6.92 Å². The van der Waals surface area contributed by atoms with Crippen LogP contribution in [0.2, 0.25) is 0 Å². The first kappa shape index (κ1) is 25.3. The topological polar surface area (TPSA) is 87.6 Å². The van der Waals surface area contributed by atoms with Crippen molar-refractivity contribution in [2.75, 3.05) is 0 Å². The van der Waals surface area contributed by atoms with Gasteiger partial charge in [-0.2, -0.15) is 5.10 Å². The zero-order chi connectivity index (χ0) is 26.5. The maximum absolute atomic E-state index is 13.1. The first-order chi connectivity index (χ1) is 18.4. The van der Waals surface area contributed by atoms with Crippen LogP contribution in [0.1, 0.15) is 29.2 Å². The van der Waals surface area contributed by atoms with E-state index in [9.17, 15) is 13.2 Å². The van der Waals surface area contributed by atoms with E-state index in [2.05, 4.69) is 21.3 Å². The molecule has 5 aromatic carbocycles. The van der Waals surface area contributed by atoms with Crippen LogP contribution >= 0.6 is 0 Å². The summed E-state index contributed by atoms with van der Waals surface area (Å²) in [6.07, 6.45) is 1.53. The van der Waals surface area contributed by atoms with Crippen LogP contribution in [-0.4, -0.2) is 20.5 Å². The fraction of sp³-hybridized carbons (Fsp3) is 0.0968. The number of nitrogens with zero attached hydrogens (tertiary/aromatic N) is 1. The summed E-state index contributed by atoms with van der Waals surface area (Å²) in [7, 11) is -3.85. The fourth-order valence-corrected chi connectivity index (χ4v) is 5.70. The number of hydrogen-bond acceptors (Lipinski definition) is 4. The number of sulfonamides is 1. The molecule has 0 bridgehead atoms. The Hall–Kier alpha value is -4.33. The first-order valence-corrected chi connectivity index (χ1v) is 13.8. The summed E-state index contributed by atoms with van der Waals surface area (Å²) in [6.45, 7) is 1.89. The molecular formula is C31H27N3O3S. The molecule has 7 heteroatoms. The first-order valence-electron chi connectivity index (χ1n) is 12.3. The Labute approximate surface area is 222 Å². The highest BCUT2D eigenvalue weighted by atomic mass is 32.2. The second-order valence-corrected chi connectivity index (χ2v) is 10.8. The largest absolute Gasteiger partial charge is 0.273 e. The quantitative estimate of drug-likeness (QED) is 0.152. The predicted octanol–water partition coefficient (Wildman–Crippen LogP) is 5.86. The van der Waals surface area contributed by atoms with Crippen molar-refractivity contribution in [3.8, 4) is 0 Å². The number of hydrogen-bond donors (Lipinski definition) is 2. The standard InChI is InChI=1S/C31H27N3O3S/c1-22-15-17-26(18-16-22)38(36,37)34-30(23-9-3-2-4-10-23)20-31(35)33-32-21-29-27-13-7-5-11-24(27)19-25-12-6-8-14-28(25)29/h2-19,21,30,34H,20H2,1H3,(H,33,35)/b32-21-/t30-/m1/s1. The molecule has 0 aromatic heterocycles. The van der Waals surface area contributed by atoms with Gasteiger partial charge in [0.1, 0.15) is 0 Å². The molecule has 0 aliphatic carbocycles. The Bertz CT molecular complexity index is 1680. The van der Waals surface area contributed by atoms with Gasteiger partial charge < -0.3 is 0 Å². The van der Waals surface area contributed by atoms with Crippen LogP contribution in [0.15, 0.2) is 119 Å². The van der Waals surface area contributed by atoms with Gasteiger partial charge in [0.2, 0.25) is 15.9 Å². The van der Waals surface area contributed by atoms with E-state index < -0.39 is 22.0 Å². The molecule has 1 amide bonds. The van der Waals surface area contributed by atoms with Crippen LogP contribution in [0.4, 0.5) is 0 Å². The Balaban J connectivity index is 1.38. The Kier molecular flexibility index (Phi) is 7.31. The number of fused-ring (bicyclic) bond motifs is 2. The number of rotatable bonds is 8. The summed E-state index contributed by atoms with van der Waals surface area (Å²) in [5, 5.41) is 8.46. The molecule has 5 aromatic rings. The number of nitrogens with one attached hydrogen (secondary N) is 2. The van der Waals surface area contributed by atoms with E-state index in [1.807, 2.05) is 73.7 Å². The minimum Gasteiger partial charge on any atom is -0.273 e. The fourth-order valence-electron chi connectivity index (χ4n) is 4.47. The molecule has 2 N–H and O–H groups in total. The third-order valence-electron chi connectivity index (χ3n) is 6.42. The van der Waals surface area contributed by atoms with Crippen molar-refractivity contribution in [2.45, 2.75) is 24.3 Å². The number of amides is 1. The molecule has 0 radical (unpaired) electrons. The summed E-state index contributed by atoms with van der Waals surface area (Å²) < 4.78 is 28.9. The van der Waals surface area contributed by atoms with Gasteiger partial charge in [0.25, 0.3) is 0 Å². The van der Waals surface area contributed by atoms with E-state index in [0.29, 0.717) is 5.56 Å². The second-order valence-electron chi connectivity index (χ2n) is 9.13. The highest BCUT2D eigenvalue weighted by molar-refractivity contribution is 7.89. The maximum atomic E-state index is 13.1. The highest BCUT2D eigenvalue weighted by Crippen LogP contribution is 2.27. The van der Waals surface area contributed by atoms with Gasteiger partial charge in [-0.25, -0.2) is 18.6 Å². The average molecular weight is 522 g/mol. The van der Waals surface area contributed by atoms with Crippen molar-refractivity contribution in [1.29, 1.82) is 0 Å². The predicted molar refractivity (Wildman–Crippen MR) is 152 cm³/mol. The van der Waals surface area contributed by atoms with Crippen LogP contribution < -0.4 is 10.1 Å². The smallest absolute Gasteiger partial charge is 0.242 e. The van der Waals surface area contributed by atoms with Crippen molar-refractivity contribution in [3.63, 3.8) is 0 Å². The van der Waals surface area contributed by atoms with Gasteiger partial charge in [-0.15, -0.1) is 0 Å². The molecule has 0 aliphatic rings. The second kappa shape index (κ2) is 11.0. The zero-order valence-corrected chi connectivity index (χ0v) is 21.7. The Morgan fingerprint density at radius 1 is 0.816 bits per heavy atom. The number of benzene rings is 5. The number of aryl methyl sites for hydroxylation is 1. The minimum atomic E-state index is -3.85. The average Bonchev–Trinajstić information content (AvgIpc) is 2.93. The van der Waals surface area contributed by atoms with Crippen molar-refractivity contribution in [2.24, 2.45) is 5.10 Å². The number of hydrazone groups is 1. The van der Waals surface area contributed by atoms with Crippen molar-refractivity contribution in [3.05, 3.63) is 126 Å². The normalized spacial score (nSPS) is 12.7. The SMILES string of the molecule is Cc1ccc(S(=O)(=O)N[C@H](CC(=O)N/N=C\c2c3ccccc3cc3ccccc23)c2ccccc2)cc1. The molecule has 1 atom stereocenters. The van der Waals surface area contributed by atoms with E-state index in [1.54, 1.807) is 42.6 Å². The molecule has 0 saturated heterocycles. The van der Waals surface area contributed by atoms with E-state index >= 15 is 0 Å². The molecule has 0 heterocycles. The van der Waals surface area contributed by atoms with Crippen molar-refractivity contribution >= 4 is 43.7 Å². The number of carbonyl (C=O) groups is 1. The van der Waals surface area contributed by atoms with Gasteiger partial charge >= 0.3 is 0 Å². The van der Waals surface area contributed by atoms with E-state index in [-0.39, 0.29) is 11.3 Å². The lowest BCUT2D eigenvalue weighted by Crippen LogP contribution is -2.32. The van der Waals surface area contributed by atoms with Gasteiger partial charge in [0.15, 0.2) is 0 Å². The van der Waals surface area contributed by atoms with Gasteiger partial charge in [-0.05, 0) is 52.2 Å². The van der Waals surface area contributed by atoms with Crippen LogP contribution in [0.5, 0.6) is 0 Å². The lowest BCUT2D eigenvalue weighted by atomic mass is 9.97. The lowest BCUT2D eigenvalue weighted by Gasteiger charge is -2.18. The summed E-state index contributed by atoms with van der Waals surface area (Å²) in [5.74, 6) is -0.411. The monoisotopic (exact) mass is 521 g/mol. The van der Waals surface area contributed by atoms with Gasteiger partial charge in [0.05, 0.1) is 17.2 Å². The summed E-state index contributed by atoms with van der Waals surface area (Å²) in [4.78, 5) is 13.1. The molecule has 0 unspecified atom stereocenters. The highest BCUT2D eigenvalue weighted by Gasteiger charge is 2.23. The van der Waals surface area contributed by atoms with Crippen LogP contribution in [0.3, 0.4) is 0 Å². The lowest BCUT2D eigenvalue weighted by molar-refractivity contribution is -0.121. The van der Waals surface area contributed by atoms with Crippen molar-refractivity contribution < 1.29 is 13.2 Å². The molecule has 190 valence electrons. The summed E-state index contributed by atoms with van der Waals surface area (Å²) in [5.41, 5.74) is 5.13. The Morgan fingerprint density at radius 2 is 1.39 bits per heavy atom. The summed E-state index contributed by atoms with van der Waals surface area (Å²) in [6, 6.07) is 33.0. The van der Waals surface area contributed by atoms with Crippen LogP contribution in [-0.2, 0) is 14.8 Å². The molecule has 6 nitrogen and oxygen atoms in total. The van der Waals surface area contributed by atoms with E-state index in [4.69, 9.17) is 0 Å². The molecule has 5 rings (SSSR count). The molecule has 0 fully saturated rings. The molecule has 38 heavy (non-hydrogen) atoms. The zero-order valence-electron chi connectivity index (χ0n) is 20.8. The third-order valence-corrected chi connectivity index (χ3v) is 7.90. The minimum absolute atomic E-state index is 0.122. The third kappa shape index (κ3) is 5.64. The van der Waals surface area contributed by atoms with Crippen molar-refractivity contribution in [1.82, 2.24) is 10.1 Å².